The van der Waals surface area contributed by atoms with Gasteiger partial charge in [0.25, 0.3) is 0 Å². The molecule has 0 rings (SSSR count). The Bertz CT molecular complexity index is 266. The van der Waals surface area contributed by atoms with Crippen molar-refractivity contribution in [2.45, 2.75) is 73.3 Å². The van der Waals surface area contributed by atoms with Crippen molar-refractivity contribution in [1.29, 1.82) is 0 Å². The van der Waals surface area contributed by atoms with Crippen LogP contribution >= 0.6 is 0 Å². The van der Waals surface area contributed by atoms with E-state index in [4.69, 9.17) is 9.62 Å². The van der Waals surface area contributed by atoms with Gasteiger partial charge in [-0.05, 0) is 38.0 Å². The Morgan fingerprint density at radius 1 is 1.16 bits per heavy atom. The summed E-state index contributed by atoms with van der Waals surface area (Å²) < 4.78 is 5.04. The van der Waals surface area contributed by atoms with E-state index in [0.717, 1.165) is 19.3 Å². The first-order valence-corrected chi connectivity index (χ1v) is 7.08. The summed E-state index contributed by atoms with van der Waals surface area (Å²) in [7, 11) is 0. The average molecular weight is 274 g/mol. The van der Waals surface area contributed by atoms with E-state index in [-0.39, 0.29) is 5.41 Å². The number of carbonyl (C=O) groups is 1. The van der Waals surface area contributed by atoms with Gasteiger partial charge < -0.3 is 4.74 Å². The highest BCUT2D eigenvalue weighted by Crippen LogP contribution is 2.24. The quantitative estimate of drug-likeness (QED) is 0.383. The van der Waals surface area contributed by atoms with Gasteiger partial charge in [0.15, 0.2) is 0 Å². The van der Waals surface area contributed by atoms with Crippen molar-refractivity contribution >= 4 is 6.16 Å². The second kappa shape index (κ2) is 7.73. The van der Waals surface area contributed by atoms with Crippen molar-refractivity contribution in [3.05, 3.63) is 0 Å². The molecule has 114 valence electrons. The van der Waals surface area contributed by atoms with Crippen LogP contribution in [0.1, 0.15) is 67.7 Å². The third-order valence-corrected chi connectivity index (χ3v) is 2.63. The molecule has 0 amide bonds. The second-order valence-corrected chi connectivity index (χ2v) is 7.11. The lowest BCUT2D eigenvalue weighted by Crippen LogP contribution is -2.27. The number of carbonyl (C=O) groups excluding carboxylic acids is 1. The van der Waals surface area contributed by atoms with Gasteiger partial charge in [0, 0.05) is 0 Å². The van der Waals surface area contributed by atoms with Gasteiger partial charge in [0.05, 0.1) is 6.61 Å². The molecule has 1 atom stereocenters. The SMILES string of the molecule is CCCC(C)(C)OOC(=O)OCC(C)CC(C)(C)C. The fraction of sp³-hybridized carbons (Fsp3) is 0.933. The summed E-state index contributed by atoms with van der Waals surface area (Å²) in [4.78, 5) is 21.2. The molecule has 0 heterocycles. The fourth-order valence-corrected chi connectivity index (χ4v) is 2.13. The molecule has 19 heavy (non-hydrogen) atoms. The summed E-state index contributed by atoms with van der Waals surface area (Å²) in [6.07, 6.45) is 2.02. The maximum atomic E-state index is 11.4. The zero-order valence-corrected chi connectivity index (χ0v) is 13.5. The van der Waals surface area contributed by atoms with Crippen LogP contribution in [0.5, 0.6) is 0 Å². The van der Waals surface area contributed by atoms with Gasteiger partial charge in [0.2, 0.25) is 0 Å². The standard InChI is InChI=1S/C15H30O4/c1-8-9-15(6,7)19-18-13(16)17-11-12(2)10-14(3,4)5/h12H,8-11H2,1-7H3. The topological polar surface area (TPSA) is 44.8 Å². The Morgan fingerprint density at radius 3 is 2.21 bits per heavy atom. The number of hydrogen-bond acceptors (Lipinski definition) is 4. The molecular weight excluding hydrogens is 244 g/mol. The van der Waals surface area contributed by atoms with Gasteiger partial charge in [0.1, 0.15) is 5.60 Å². The summed E-state index contributed by atoms with van der Waals surface area (Å²) >= 11 is 0. The van der Waals surface area contributed by atoms with Crippen molar-refractivity contribution in [3.8, 4) is 0 Å². The Hall–Kier alpha value is -0.770. The van der Waals surface area contributed by atoms with Crippen LogP contribution in [0.4, 0.5) is 4.79 Å². The molecule has 0 aliphatic carbocycles. The van der Waals surface area contributed by atoms with E-state index in [2.05, 4.69) is 39.5 Å². The monoisotopic (exact) mass is 274 g/mol. The van der Waals surface area contributed by atoms with E-state index >= 15 is 0 Å². The van der Waals surface area contributed by atoms with Gasteiger partial charge in [-0.25, -0.2) is 4.79 Å². The molecule has 0 spiro atoms. The molecule has 4 heteroatoms. The third-order valence-electron chi connectivity index (χ3n) is 2.63. The van der Waals surface area contributed by atoms with Gasteiger partial charge in [-0.1, -0.05) is 41.0 Å². The zero-order chi connectivity index (χ0) is 15.1. The molecule has 4 nitrogen and oxygen atoms in total. The molecule has 0 aliphatic rings. The number of hydrogen-bond donors (Lipinski definition) is 0. The Labute approximate surface area is 117 Å². The molecule has 0 bridgehead atoms. The van der Waals surface area contributed by atoms with Crippen LogP contribution in [0.3, 0.4) is 0 Å². The molecule has 0 aromatic heterocycles. The molecule has 1 unspecified atom stereocenters. The van der Waals surface area contributed by atoms with Crippen molar-refractivity contribution < 1.29 is 19.3 Å². The van der Waals surface area contributed by atoms with Crippen LogP contribution in [0.2, 0.25) is 0 Å². The fourth-order valence-electron chi connectivity index (χ4n) is 2.13. The number of ether oxygens (including phenoxy) is 1. The molecule has 0 radical (unpaired) electrons. The van der Waals surface area contributed by atoms with Gasteiger partial charge in [-0.2, -0.15) is 4.89 Å². The molecule has 0 aliphatic heterocycles. The molecule has 0 saturated carbocycles. The summed E-state index contributed by atoms with van der Waals surface area (Å²) in [5, 5.41) is 0. The minimum Gasteiger partial charge on any atom is -0.432 e. The van der Waals surface area contributed by atoms with Crippen LogP contribution in [0, 0.1) is 11.3 Å². The van der Waals surface area contributed by atoms with Crippen molar-refractivity contribution in [2.75, 3.05) is 6.61 Å². The van der Waals surface area contributed by atoms with Gasteiger partial charge >= 0.3 is 6.16 Å². The lowest BCUT2D eigenvalue weighted by atomic mass is 9.86. The minimum absolute atomic E-state index is 0.228. The summed E-state index contributed by atoms with van der Waals surface area (Å²) in [5.74, 6) is 0.302. The molecule has 0 aromatic carbocycles. The first-order chi connectivity index (χ1) is 8.56. The normalized spacial score (nSPS) is 14.1. The van der Waals surface area contributed by atoms with Gasteiger partial charge in [-0.15, -0.1) is 0 Å². The molecular formula is C15H30O4. The lowest BCUT2D eigenvalue weighted by Gasteiger charge is -2.23. The maximum Gasteiger partial charge on any atom is 0.540 e. The van der Waals surface area contributed by atoms with E-state index in [9.17, 15) is 4.79 Å². The lowest BCUT2D eigenvalue weighted by molar-refractivity contribution is -0.319. The van der Waals surface area contributed by atoms with Crippen LogP contribution in [-0.2, 0) is 14.5 Å². The van der Waals surface area contributed by atoms with E-state index in [1.807, 2.05) is 13.8 Å². The first-order valence-electron chi connectivity index (χ1n) is 7.08. The van der Waals surface area contributed by atoms with Crippen LogP contribution in [0.15, 0.2) is 0 Å². The van der Waals surface area contributed by atoms with Crippen molar-refractivity contribution in [2.24, 2.45) is 11.3 Å². The highest BCUT2D eigenvalue weighted by molar-refractivity contribution is 5.58. The smallest absolute Gasteiger partial charge is 0.432 e. The maximum absolute atomic E-state index is 11.4. The molecule has 0 fully saturated rings. The summed E-state index contributed by atoms with van der Waals surface area (Å²) in [6.45, 7) is 14.7. The largest absolute Gasteiger partial charge is 0.540 e. The Balaban J connectivity index is 3.88. The van der Waals surface area contributed by atoms with Crippen LogP contribution < -0.4 is 0 Å². The van der Waals surface area contributed by atoms with Crippen molar-refractivity contribution in [3.63, 3.8) is 0 Å². The molecule has 0 aromatic rings. The Kier molecular flexibility index (Phi) is 7.42. The first kappa shape index (κ1) is 18.2. The van der Waals surface area contributed by atoms with Gasteiger partial charge in [-0.3, -0.25) is 4.89 Å². The van der Waals surface area contributed by atoms with Crippen molar-refractivity contribution in [1.82, 2.24) is 0 Å². The van der Waals surface area contributed by atoms with Crippen LogP contribution in [0.25, 0.3) is 0 Å². The average Bonchev–Trinajstić information content (AvgIpc) is 2.21. The highest BCUT2D eigenvalue weighted by atomic mass is 17.2. The molecule has 0 saturated heterocycles. The van der Waals surface area contributed by atoms with E-state index in [1.165, 1.54) is 0 Å². The third kappa shape index (κ3) is 10.8. The highest BCUT2D eigenvalue weighted by Gasteiger charge is 2.22. The minimum atomic E-state index is -0.759. The molecule has 0 N–H and O–H groups in total. The second-order valence-electron chi connectivity index (χ2n) is 7.11. The van der Waals surface area contributed by atoms with E-state index in [1.54, 1.807) is 0 Å². The van der Waals surface area contributed by atoms with E-state index < -0.39 is 11.8 Å². The van der Waals surface area contributed by atoms with E-state index in [0.29, 0.717) is 12.5 Å². The Morgan fingerprint density at radius 2 is 1.74 bits per heavy atom. The zero-order valence-electron chi connectivity index (χ0n) is 13.5. The summed E-state index contributed by atoms with van der Waals surface area (Å²) in [6, 6.07) is 0. The predicted octanol–water partition coefficient (Wildman–Crippen LogP) is 4.72. The summed E-state index contributed by atoms with van der Waals surface area (Å²) in [5.41, 5.74) is -0.239. The number of rotatable bonds is 7. The van der Waals surface area contributed by atoms with Crippen LogP contribution in [-0.4, -0.2) is 18.4 Å². The predicted molar refractivity (Wildman–Crippen MR) is 75.7 cm³/mol.